The first kappa shape index (κ1) is 10.4. The third-order valence-electron chi connectivity index (χ3n) is 2.67. The zero-order valence-corrected chi connectivity index (χ0v) is 8.85. The van der Waals surface area contributed by atoms with E-state index >= 15 is 0 Å². The zero-order valence-electron chi connectivity index (χ0n) is 8.85. The maximum atomic E-state index is 5.50. The predicted octanol–water partition coefficient (Wildman–Crippen LogP) is 1.39. The second-order valence-corrected chi connectivity index (χ2v) is 3.83. The normalized spacial score (nSPS) is 21.2. The molecule has 1 aromatic heterocycles. The Hall–Kier alpha value is -1.16. The van der Waals surface area contributed by atoms with Crippen LogP contribution in [-0.4, -0.2) is 29.2 Å². The largest absolute Gasteiger partial charge is 0.477 e. The first-order chi connectivity index (χ1) is 7.45. The van der Waals surface area contributed by atoms with E-state index < -0.39 is 0 Å². The van der Waals surface area contributed by atoms with Gasteiger partial charge in [0.15, 0.2) is 0 Å². The van der Waals surface area contributed by atoms with Crippen LogP contribution in [0.5, 0.6) is 5.88 Å². The van der Waals surface area contributed by atoms with Crippen molar-refractivity contribution in [2.75, 3.05) is 13.2 Å². The van der Waals surface area contributed by atoms with E-state index in [9.17, 15) is 0 Å². The molecule has 0 radical (unpaired) electrons. The summed E-state index contributed by atoms with van der Waals surface area (Å²) in [5, 5.41) is 3.49. The van der Waals surface area contributed by atoms with Gasteiger partial charge in [-0.1, -0.05) is 6.42 Å². The van der Waals surface area contributed by atoms with Crippen molar-refractivity contribution in [2.24, 2.45) is 0 Å². The smallest absolute Gasteiger partial charge is 0.232 e. The summed E-state index contributed by atoms with van der Waals surface area (Å²) in [6.07, 6.45) is 9.91. The van der Waals surface area contributed by atoms with Crippen molar-refractivity contribution < 1.29 is 4.74 Å². The molecule has 0 aromatic carbocycles. The number of ether oxygens (including phenoxy) is 1. The molecule has 1 atom stereocenters. The first-order valence-corrected chi connectivity index (χ1v) is 5.57. The Morgan fingerprint density at radius 2 is 2.40 bits per heavy atom. The molecule has 4 heteroatoms. The van der Waals surface area contributed by atoms with E-state index in [0.29, 0.717) is 11.9 Å². The van der Waals surface area contributed by atoms with Crippen LogP contribution in [0.15, 0.2) is 18.6 Å². The van der Waals surface area contributed by atoms with E-state index in [2.05, 4.69) is 15.3 Å². The van der Waals surface area contributed by atoms with Gasteiger partial charge in [0.05, 0.1) is 12.8 Å². The van der Waals surface area contributed by atoms with Gasteiger partial charge in [-0.05, 0) is 25.8 Å². The molecule has 2 rings (SSSR count). The van der Waals surface area contributed by atoms with Gasteiger partial charge in [0.25, 0.3) is 0 Å². The van der Waals surface area contributed by atoms with Crippen molar-refractivity contribution in [3.63, 3.8) is 0 Å². The predicted molar refractivity (Wildman–Crippen MR) is 57.8 cm³/mol. The van der Waals surface area contributed by atoms with E-state index in [4.69, 9.17) is 4.74 Å². The molecule has 82 valence electrons. The van der Waals surface area contributed by atoms with Crippen LogP contribution in [0.25, 0.3) is 0 Å². The lowest BCUT2D eigenvalue weighted by Crippen LogP contribution is -2.35. The SMILES string of the molecule is c1cnc(OCC[C@H]2CCCCN2)cn1. The quantitative estimate of drug-likeness (QED) is 0.810. The number of hydrogen-bond donors (Lipinski definition) is 1. The molecule has 0 bridgehead atoms. The molecule has 0 unspecified atom stereocenters. The van der Waals surface area contributed by atoms with Gasteiger partial charge in [-0.2, -0.15) is 0 Å². The Kier molecular flexibility index (Phi) is 3.91. The minimum absolute atomic E-state index is 0.619. The summed E-state index contributed by atoms with van der Waals surface area (Å²) >= 11 is 0. The molecule has 0 amide bonds. The van der Waals surface area contributed by atoms with Crippen LogP contribution in [0.2, 0.25) is 0 Å². The highest BCUT2D eigenvalue weighted by Crippen LogP contribution is 2.10. The van der Waals surface area contributed by atoms with Crippen molar-refractivity contribution in [3.8, 4) is 5.88 Å². The second-order valence-electron chi connectivity index (χ2n) is 3.83. The van der Waals surface area contributed by atoms with E-state index in [1.165, 1.54) is 19.3 Å². The highest BCUT2D eigenvalue weighted by atomic mass is 16.5. The zero-order chi connectivity index (χ0) is 10.3. The number of aromatic nitrogens is 2. The van der Waals surface area contributed by atoms with Crippen LogP contribution in [0, 0.1) is 0 Å². The summed E-state index contributed by atoms with van der Waals surface area (Å²) in [5.41, 5.74) is 0. The van der Waals surface area contributed by atoms with Gasteiger partial charge in [0.2, 0.25) is 5.88 Å². The number of rotatable bonds is 4. The Morgan fingerprint density at radius 1 is 1.40 bits per heavy atom. The Balaban J connectivity index is 1.66. The van der Waals surface area contributed by atoms with Crippen LogP contribution >= 0.6 is 0 Å². The fraction of sp³-hybridized carbons (Fsp3) is 0.636. The molecule has 1 aliphatic rings. The summed E-state index contributed by atoms with van der Waals surface area (Å²) in [7, 11) is 0. The Bertz CT molecular complexity index is 272. The monoisotopic (exact) mass is 207 g/mol. The van der Waals surface area contributed by atoms with Crippen molar-refractivity contribution in [2.45, 2.75) is 31.7 Å². The van der Waals surface area contributed by atoms with Crippen LogP contribution < -0.4 is 10.1 Å². The molecular formula is C11H17N3O. The van der Waals surface area contributed by atoms with Gasteiger partial charge in [-0.15, -0.1) is 0 Å². The van der Waals surface area contributed by atoms with Gasteiger partial charge in [0.1, 0.15) is 0 Å². The van der Waals surface area contributed by atoms with Gasteiger partial charge >= 0.3 is 0 Å². The molecule has 2 heterocycles. The van der Waals surface area contributed by atoms with E-state index in [1.807, 2.05) is 0 Å². The van der Waals surface area contributed by atoms with Crippen LogP contribution in [0.1, 0.15) is 25.7 Å². The lowest BCUT2D eigenvalue weighted by Gasteiger charge is -2.23. The molecule has 1 fully saturated rings. The van der Waals surface area contributed by atoms with Crippen LogP contribution in [0.3, 0.4) is 0 Å². The van der Waals surface area contributed by atoms with Crippen LogP contribution in [0.4, 0.5) is 0 Å². The summed E-state index contributed by atoms with van der Waals surface area (Å²) in [4.78, 5) is 8.00. The lowest BCUT2D eigenvalue weighted by atomic mass is 10.0. The number of nitrogens with one attached hydrogen (secondary N) is 1. The first-order valence-electron chi connectivity index (χ1n) is 5.57. The fourth-order valence-electron chi connectivity index (χ4n) is 1.84. The molecule has 1 aromatic rings. The van der Waals surface area contributed by atoms with Crippen LogP contribution in [-0.2, 0) is 0 Å². The summed E-state index contributed by atoms with van der Waals surface area (Å²) in [6, 6.07) is 0.621. The Morgan fingerprint density at radius 3 is 3.13 bits per heavy atom. The molecular weight excluding hydrogens is 190 g/mol. The second kappa shape index (κ2) is 5.66. The maximum absolute atomic E-state index is 5.50. The lowest BCUT2D eigenvalue weighted by molar-refractivity contribution is 0.260. The summed E-state index contributed by atoms with van der Waals surface area (Å²) in [5.74, 6) is 0.619. The minimum Gasteiger partial charge on any atom is -0.477 e. The molecule has 1 aliphatic heterocycles. The third kappa shape index (κ3) is 3.47. The van der Waals surface area contributed by atoms with E-state index in [1.54, 1.807) is 18.6 Å². The van der Waals surface area contributed by atoms with Gasteiger partial charge in [-0.25, -0.2) is 4.98 Å². The Labute approximate surface area is 90.1 Å². The van der Waals surface area contributed by atoms with E-state index in [-0.39, 0.29) is 0 Å². The van der Waals surface area contributed by atoms with Gasteiger partial charge in [0, 0.05) is 18.4 Å². The topological polar surface area (TPSA) is 47.0 Å². The highest BCUT2D eigenvalue weighted by molar-refractivity contribution is 5.00. The van der Waals surface area contributed by atoms with Crippen molar-refractivity contribution in [1.82, 2.24) is 15.3 Å². The average molecular weight is 207 g/mol. The number of hydrogen-bond acceptors (Lipinski definition) is 4. The van der Waals surface area contributed by atoms with Crippen molar-refractivity contribution in [1.29, 1.82) is 0 Å². The van der Waals surface area contributed by atoms with Crippen molar-refractivity contribution in [3.05, 3.63) is 18.6 Å². The highest BCUT2D eigenvalue weighted by Gasteiger charge is 2.11. The summed E-state index contributed by atoms with van der Waals surface area (Å²) in [6.45, 7) is 1.87. The minimum atomic E-state index is 0.619. The summed E-state index contributed by atoms with van der Waals surface area (Å²) < 4.78 is 5.50. The fourth-order valence-corrected chi connectivity index (χ4v) is 1.84. The molecule has 1 saturated heterocycles. The average Bonchev–Trinajstić information content (AvgIpc) is 2.32. The van der Waals surface area contributed by atoms with E-state index in [0.717, 1.165) is 19.6 Å². The van der Waals surface area contributed by atoms with Gasteiger partial charge in [-0.3, -0.25) is 4.98 Å². The maximum Gasteiger partial charge on any atom is 0.232 e. The van der Waals surface area contributed by atoms with Gasteiger partial charge < -0.3 is 10.1 Å². The molecule has 0 saturated carbocycles. The molecule has 1 N–H and O–H groups in total. The number of nitrogens with zero attached hydrogens (tertiary/aromatic N) is 2. The number of piperidine rings is 1. The molecule has 4 nitrogen and oxygen atoms in total. The standard InChI is InChI=1S/C11H17N3O/c1-2-5-13-10(3-1)4-8-15-11-9-12-6-7-14-11/h6-7,9-10,13H,1-5,8H2/t10-/m1/s1. The third-order valence-corrected chi connectivity index (χ3v) is 2.67. The van der Waals surface area contributed by atoms with Crippen molar-refractivity contribution >= 4 is 0 Å². The molecule has 15 heavy (non-hydrogen) atoms. The molecule has 0 spiro atoms. The molecule has 0 aliphatic carbocycles.